The molecule has 1 aromatic carbocycles. The minimum Gasteiger partial charge on any atom is -0.380 e. The number of halogens is 3. The summed E-state index contributed by atoms with van der Waals surface area (Å²) in [6, 6.07) is 0.878. The lowest BCUT2D eigenvalue weighted by molar-refractivity contribution is -0.140. The van der Waals surface area contributed by atoms with Crippen molar-refractivity contribution in [2.45, 2.75) is 6.92 Å². The van der Waals surface area contributed by atoms with E-state index in [1.54, 1.807) is 0 Å². The molecule has 0 amide bonds. The summed E-state index contributed by atoms with van der Waals surface area (Å²) in [5.41, 5.74) is 4.42. The molecule has 86 valence electrons. The highest BCUT2D eigenvalue weighted by Gasteiger charge is 2.15. The molecule has 2 N–H and O–H groups in total. The minimum atomic E-state index is -1.23. The summed E-state index contributed by atoms with van der Waals surface area (Å²) < 4.78 is 38.7. The second-order valence-corrected chi connectivity index (χ2v) is 2.80. The molecule has 4 nitrogen and oxygen atoms in total. The maximum atomic E-state index is 13.1. The van der Waals surface area contributed by atoms with Crippen molar-refractivity contribution >= 4 is 11.8 Å². The Morgan fingerprint density at radius 3 is 2.25 bits per heavy atom. The van der Waals surface area contributed by atoms with Crippen molar-refractivity contribution in [1.29, 1.82) is 0 Å². The number of hydrogen-bond donors (Lipinski definition) is 1. The second-order valence-electron chi connectivity index (χ2n) is 2.80. The molecular formula is C9H7F3N2O2. The lowest BCUT2D eigenvalue weighted by Crippen LogP contribution is -2.18. The molecule has 0 saturated carbocycles. The fourth-order valence-electron chi connectivity index (χ4n) is 0.946. The maximum Gasteiger partial charge on any atom is 0.332 e. The highest BCUT2D eigenvalue weighted by molar-refractivity contribution is 5.97. The SMILES string of the molecule is CC(=O)O/N=C(/N)c1c(F)cc(F)cc1F. The van der Waals surface area contributed by atoms with E-state index in [-0.39, 0.29) is 0 Å². The van der Waals surface area contributed by atoms with Crippen molar-refractivity contribution in [3.63, 3.8) is 0 Å². The molecule has 0 aliphatic heterocycles. The van der Waals surface area contributed by atoms with E-state index in [1.807, 2.05) is 0 Å². The van der Waals surface area contributed by atoms with Crippen LogP contribution >= 0.6 is 0 Å². The molecule has 1 rings (SSSR count). The summed E-state index contributed by atoms with van der Waals surface area (Å²) in [6.45, 7) is 1.04. The molecule has 0 aromatic heterocycles. The highest BCUT2D eigenvalue weighted by atomic mass is 19.1. The highest BCUT2D eigenvalue weighted by Crippen LogP contribution is 2.14. The Bertz CT molecular complexity index is 437. The van der Waals surface area contributed by atoms with Crippen molar-refractivity contribution in [1.82, 2.24) is 0 Å². The topological polar surface area (TPSA) is 64.7 Å². The van der Waals surface area contributed by atoms with E-state index in [0.717, 1.165) is 6.92 Å². The Morgan fingerprint density at radius 1 is 1.31 bits per heavy atom. The van der Waals surface area contributed by atoms with Crippen LogP contribution in [0.2, 0.25) is 0 Å². The van der Waals surface area contributed by atoms with Crippen LogP contribution in [-0.2, 0) is 9.63 Å². The first-order chi connectivity index (χ1) is 7.41. The largest absolute Gasteiger partial charge is 0.380 e. The number of nitrogens with zero attached hydrogens (tertiary/aromatic N) is 1. The fourth-order valence-corrected chi connectivity index (χ4v) is 0.946. The van der Waals surface area contributed by atoms with Gasteiger partial charge >= 0.3 is 5.97 Å². The standard InChI is InChI=1S/C9H7F3N2O2/c1-4(15)16-14-9(13)8-6(11)2-5(10)3-7(8)12/h2-3H,1H3,(H2,13,14). The molecule has 1 aromatic rings. The Hall–Kier alpha value is -2.05. The van der Waals surface area contributed by atoms with Gasteiger partial charge in [-0.15, -0.1) is 0 Å². The lowest BCUT2D eigenvalue weighted by atomic mass is 10.2. The Kier molecular flexibility index (Phi) is 3.49. The zero-order chi connectivity index (χ0) is 12.3. The van der Waals surface area contributed by atoms with Crippen LogP contribution < -0.4 is 5.73 Å². The summed E-state index contributed by atoms with van der Waals surface area (Å²) in [6.07, 6.45) is 0. The van der Waals surface area contributed by atoms with Gasteiger partial charge in [-0.3, -0.25) is 0 Å². The van der Waals surface area contributed by atoms with Crippen molar-refractivity contribution in [3.05, 3.63) is 35.1 Å². The van der Waals surface area contributed by atoms with Crippen LogP contribution in [0, 0.1) is 17.5 Å². The molecular weight excluding hydrogens is 225 g/mol. The van der Waals surface area contributed by atoms with Crippen molar-refractivity contribution in [3.8, 4) is 0 Å². The predicted molar refractivity (Wildman–Crippen MR) is 48.8 cm³/mol. The Balaban J connectivity index is 3.13. The van der Waals surface area contributed by atoms with Gasteiger partial charge in [0.1, 0.15) is 17.5 Å². The van der Waals surface area contributed by atoms with Crippen LogP contribution in [0.3, 0.4) is 0 Å². The number of amidine groups is 1. The van der Waals surface area contributed by atoms with Crippen LogP contribution in [0.25, 0.3) is 0 Å². The molecule has 0 aliphatic carbocycles. The van der Waals surface area contributed by atoms with Gasteiger partial charge in [-0.25, -0.2) is 18.0 Å². The van der Waals surface area contributed by atoms with E-state index in [4.69, 9.17) is 5.73 Å². The first-order valence-corrected chi connectivity index (χ1v) is 4.07. The molecule has 0 unspecified atom stereocenters. The van der Waals surface area contributed by atoms with Crippen LogP contribution in [0.1, 0.15) is 12.5 Å². The first kappa shape index (κ1) is 12.0. The van der Waals surface area contributed by atoms with Crippen LogP contribution in [0.4, 0.5) is 13.2 Å². The number of rotatable bonds is 2. The van der Waals surface area contributed by atoms with Gasteiger partial charge in [-0.05, 0) is 0 Å². The summed E-state index contributed by atoms with van der Waals surface area (Å²) in [7, 11) is 0. The van der Waals surface area contributed by atoms with Crippen molar-refractivity contribution < 1.29 is 22.8 Å². The predicted octanol–water partition coefficient (Wildman–Crippen LogP) is 1.29. The van der Waals surface area contributed by atoms with E-state index in [2.05, 4.69) is 9.99 Å². The first-order valence-electron chi connectivity index (χ1n) is 4.07. The fraction of sp³-hybridized carbons (Fsp3) is 0.111. The quantitative estimate of drug-likeness (QED) is 0.361. The van der Waals surface area contributed by atoms with Crippen molar-refractivity contribution in [2.75, 3.05) is 0 Å². The van der Waals surface area contributed by atoms with Gasteiger partial charge in [-0.2, -0.15) is 0 Å². The summed E-state index contributed by atoms with van der Waals surface area (Å²) >= 11 is 0. The molecule has 0 radical (unpaired) electrons. The molecule has 16 heavy (non-hydrogen) atoms. The monoisotopic (exact) mass is 232 g/mol. The number of oxime groups is 1. The Labute approximate surface area is 88.5 Å². The number of benzene rings is 1. The summed E-state index contributed by atoms with van der Waals surface area (Å²) in [4.78, 5) is 14.5. The smallest absolute Gasteiger partial charge is 0.332 e. The van der Waals surface area contributed by atoms with Gasteiger partial charge in [-0.1, -0.05) is 5.16 Å². The van der Waals surface area contributed by atoms with Gasteiger partial charge in [0, 0.05) is 19.1 Å². The molecule has 0 saturated heterocycles. The lowest BCUT2D eigenvalue weighted by Gasteiger charge is -2.03. The van der Waals surface area contributed by atoms with Gasteiger partial charge < -0.3 is 10.6 Å². The van der Waals surface area contributed by atoms with Gasteiger partial charge in [0.15, 0.2) is 5.84 Å². The van der Waals surface area contributed by atoms with Gasteiger partial charge in [0.05, 0.1) is 5.56 Å². The molecule has 0 spiro atoms. The minimum absolute atomic E-state index is 0.439. The number of carbonyl (C=O) groups is 1. The van der Waals surface area contributed by atoms with E-state index >= 15 is 0 Å². The third kappa shape index (κ3) is 2.72. The summed E-state index contributed by atoms with van der Waals surface area (Å²) in [5.74, 6) is -5.04. The number of carbonyl (C=O) groups excluding carboxylic acids is 1. The molecule has 0 atom stereocenters. The van der Waals surface area contributed by atoms with Crippen LogP contribution in [-0.4, -0.2) is 11.8 Å². The molecule has 0 fully saturated rings. The third-order valence-electron chi connectivity index (χ3n) is 1.54. The zero-order valence-corrected chi connectivity index (χ0v) is 8.13. The number of hydrogen-bond acceptors (Lipinski definition) is 3. The van der Waals surface area contributed by atoms with Crippen LogP contribution in [0.15, 0.2) is 17.3 Å². The van der Waals surface area contributed by atoms with E-state index in [0.29, 0.717) is 12.1 Å². The van der Waals surface area contributed by atoms with Crippen LogP contribution in [0.5, 0.6) is 0 Å². The van der Waals surface area contributed by atoms with E-state index < -0.39 is 34.8 Å². The summed E-state index contributed by atoms with van der Waals surface area (Å²) in [5, 5.41) is 2.99. The average molecular weight is 232 g/mol. The third-order valence-corrected chi connectivity index (χ3v) is 1.54. The van der Waals surface area contributed by atoms with Gasteiger partial charge in [0.2, 0.25) is 0 Å². The number of nitrogens with two attached hydrogens (primary N) is 1. The van der Waals surface area contributed by atoms with Crippen molar-refractivity contribution in [2.24, 2.45) is 10.9 Å². The molecule has 0 bridgehead atoms. The van der Waals surface area contributed by atoms with Gasteiger partial charge in [0.25, 0.3) is 0 Å². The molecule has 7 heteroatoms. The van der Waals surface area contributed by atoms with E-state index in [9.17, 15) is 18.0 Å². The second kappa shape index (κ2) is 4.65. The van der Waals surface area contributed by atoms with E-state index in [1.165, 1.54) is 0 Å². The zero-order valence-electron chi connectivity index (χ0n) is 8.13. The normalized spacial score (nSPS) is 11.4. The molecule has 0 aliphatic rings. The maximum absolute atomic E-state index is 13.1. The average Bonchev–Trinajstić information content (AvgIpc) is 2.12. The Morgan fingerprint density at radius 2 is 1.81 bits per heavy atom. The molecule has 0 heterocycles.